The Morgan fingerprint density at radius 1 is 1.32 bits per heavy atom. The van der Waals surface area contributed by atoms with Crippen LogP contribution in [0.15, 0.2) is 30.5 Å². The number of hydrogen-bond acceptors (Lipinski definition) is 3. The zero-order chi connectivity index (χ0) is 14.0. The van der Waals surface area contributed by atoms with Crippen molar-refractivity contribution in [1.82, 2.24) is 10.3 Å². The van der Waals surface area contributed by atoms with E-state index < -0.39 is 24.0 Å². The van der Waals surface area contributed by atoms with Crippen molar-refractivity contribution < 1.29 is 19.8 Å². The van der Waals surface area contributed by atoms with Crippen LogP contribution >= 0.6 is 0 Å². The molecule has 4 N–H and O–H groups in total. The van der Waals surface area contributed by atoms with Gasteiger partial charge in [-0.1, -0.05) is 6.07 Å². The van der Waals surface area contributed by atoms with E-state index >= 15 is 0 Å². The molecule has 1 amide bonds. The molecule has 1 aromatic carbocycles. The molecule has 0 aliphatic carbocycles. The molecule has 0 spiro atoms. The van der Waals surface area contributed by atoms with Gasteiger partial charge < -0.3 is 20.5 Å². The molecule has 1 aromatic heterocycles. The van der Waals surface area contributed by atoms with E-state index in [-0.39, 0.29) is 0 Å². The van der Waals surface area contributed by atoms with Crippen molar-refractivity contribution in [2.45, 2.75) is 19.1 Å². The molecule has 0 saturated heterocycles. The van der Waals surface area contributed by atoms with Gasteiger partial charge in [0, 0.05) is 22.7 Å². The summed E-state index contributed by atoms with van der Waals surface area (Å²) in [4.78, 5) is 26.0. The number of aromatic nitrogens is 1. The Morgan fingerprint density at radius 3 is 2.68 bits per heavy atom. The van der Waals surface area contributed by atoms with Crippen LogP contribution in [0.3, 0.4) is 0 Å². The number of benzene rings is 1. The smallest absolute Gasteiger partial charge is 0.328 e. The average Bonchev–Trinajstić information content (AvgIpc) is 2.82. The zero-order valence-electron chi connectivity index (χ0n) is 10.3. The van der Waals surface area contributed by atoms with E-state index in [1.54, 1.807) is 24.4 Å². The predicted molar refractivity (Wildman–Crippen MR) is 68.9 cm³/mol. The number of aromatic amines is 1. The van der Waals surface area contributed by atoms with Gasteiger partial charge >= 0.3 is 5.97 Å². The van der Waals surface area contributed by atoms with Gasteiger partial charge in [-0.05, 0) is 25.1 Å². The molecular formula is C13H14N2O4. The minimum atomic E-state index is -1.33. The van der Waals surface area contributed by atoms with Crippen molar-refractivity contribution in [3.8, 4) is 0 Å². The lowest BCUT2D eigenvalue weighted by molar-refractivity contribution is -0.141. The maximum Gasteiger partial charge on any atom is 0.328 e. The van der Waals surface area contributed by atoms with Gasteiger partial charge in [0.05, 0.1) is 6.10 Å². The molecule has 0 saturated carbocycles. The normalized spacial score (nSPS) is 14.0. The van der Waals surface area contributed by atoms with Crippen molar-refractivity contribution in [3.63, 3.8) is 0 Å². The van der Waals surface area contributed by atoms with Gasteiger partial charge in [-0.25, -0.2) is 4.79 Å². The molecule has 2 atom stereocenters. The Hall–Kier alpha value is -2.34. The van der Waals surface area contributed by atoms with Crippen LogP contribution in [-0.2, 0) is 4.79 Å². The number of nitrogens with one attached hydrogen (secondary N) is 2. The molecule has 6 nitrogen and oxygen atoms in total. The summed E-state index contributed by atoms with van der Waals surface area (Å²) in [6, 6.07) is 5.53. The number of amides is 1. The number of aliphatic hydroxyl groups is 1. The van der Waals surface area contributed by atoms with Crippen molar-refractivity contribution in [3.05, 3.63) is 36.0 Å². The van der Waals surface area contributed by atoms with Crippen molar-refractivity contribution in [2.75, 3.05) is 0 Å². The Balaban J connectivity index is 2.29. The standard InChI is InChI=1S/C13H14N2O4/c1-7(16)11(13(18)19)15-12(17)9-3-2-4-10-8(9)5-6-14-10/h2-7,11,14,16H,1H3,(H,15,17)(H,18,19)/t7-,11+/m1/s1. The summed E-state index contributed by atoms with van der Waals surface area (Å²) < 4.78 is 0. The Bertz CT molecular complexity index is 618. The minimum Gasteiger partial charge on any atom is -0.480 e. The number of carboxylic acid groups (broad SMARTS) is 1. The highest BCUT2D eigenvalue weighted by atomic mass is 16.4. The first-order valence-electron chi connectivity index (χ1n) is 5.78. The summed E-state index contributed by atoms with van der Waals surface area (Å²) >= 11 is 0. The number of rotatable bonds is 4. The molecule has 2 aromatic rings. The summed E-state index contributed by atoms with van der Waals surface area (Å²) in [6.45, 7) is 1.32. The number of H-pyrrole nitrogens is 1. The van der Waals surface area contributed by atoms with Crippen LogP contribution in [0, 0.1) is 0 Å². The van der Waals surface area contributed by atoms with Crippen LogP contribution in [0.2, 0.25) is 0 Å². The zero-order valence-corrected chi connectivity index (χ0v) is 10.3. The van der Waals surface area contributed by atoms with E-state index in [9.17, 15) is 14.7 Å². The minimum absolute atomic E-state index is 0.366. The molecule has 1 heterocycles. The van der Waals surface area contributed by atoms with Crippen LogP contribution in [0.5, 0.6) is 0 Å². The maximum atomic E-state index is 12.1. The lowest BCUT2D eigenvalue weighted by Crippen LogP contribution is -2.47. The van der Waals surface area contributed by atoms with Gasteiger partial charge in [0.25, 0.3) is 5.91 Å². The number of carboxylic acids is 1. The molecule has 6 heteroatoms. The largest absolute Gasteiger partial charge is 0.480 e. The quantitative estimate of drug-likeness (QED) is 0.652. The van der Waals surface area contributed by atoms with E-state index in [1.807, 2.05) is 6.07 Å². The third kappa shape index (κ3) is 2.58. The molecule has 0 aliphatic rings. The Kier molecular flexibility index (Phi) is 3.52. The van der Waals surface area contributed by atoms with Crippen LogP contribution < -0.4 is 5.32 Å². The van der Waals surface area contributed by atoms with Crippen molar-refractivity contribution >= 4 is 22.8 Å². The fraction of sp³-hybridized carbons (Fsp3) is 0.231. The molecule has 2 rings (SSSR count). The SMILES string of the molecule is C[C@@H](O)[C@H](NC(=O)c1cccc2[nH]ccc12)C(=O)O. The highest BCUT2D eigenvalue weighted by Gasteiger charge is 2.25. The van der Waals surface area contributed by atoms with E-state index in [4.69, 9.17) is 5.11 Å². The summed E-state index contributed by atoms with van der Waals surface area (Å²) in [5, 5.41) is 21.3. The number of aliphatic hydroxyl groups excluding tert-OH is 1. The Morgan fingerprint density at radius 2 is 2.05 bits per heavy atom. The van der Waals surface area contributed by atoms with E-state index in [2.05, 4.69) is 10.3 Å². The van der Waals surface area contributed by atoms with Gasteiger partial charge in [0.15, 0.2) is 6.04 Å². The summed E-state index contributed by atoms with van der Waals surface area (Å²) in [5.41, 5.74) is 1.15. The lowest BCUT2D eigenvalue weighted by Gasteiger charge is -2.17. The Labute approximate surface area is 109 Å². The van der Waals surface area contributed by atoms with Crippen LogP contribution in [0.25, 0.3) is 10.9 Å². The van der Waals surface area contributed by atoms with Gasteiger partial charge in [0.2, 0.25) is 0 Å². The topological polar surface area (TPSA) is 102 Å². The first-order chi connectivity index (χ1) is 9.00. The third-order valence-electron chi connectivity index (χ3n) is 2.87. The summed E-state index contributed by atoms with van der Waals surface area (Å²) in [6.07, 6.45) is 0.525. The predicted octanol–water partition coefficient (Wildman–Crippen LogP) is 0.732. The second-order valence-electron chi connectivity index (χ2n) is 4.27. The first kappa shape index (κ1) is 13.1. The van der Waals surface area contributed by atoms with Gasteiger partial charge in [-0.2, -0.15) is 0 Å². The highest BCUT2D eigenvalue weighted by Crippen LogP contribution is 2.17. The monoisotopic (exact) mass is 262 g/mol. The van der Waals surface area contributed by atoms with Crippen molar-refractivity contribution in [2.24, 2.45) is 0 Å². The van der Waals surface area contributed by atoms with E-state index in [1.165, 1.54) is 6.92 Å². The van der Waals surface area contributed by atoms with Crippen molar-refractivity contribution in [1.29, 1.82) is 0 Å². The fourth-order valence-corrected chi connectivity index (χ4v) is 1.89. The molecule has 0 aliphatic heterocycles. The van der Waals surface area contributed by atoms with Crippen LogP contribution in [-0.4, -0.2) is 39.2 Å². The second-order valence-corrected chi connectivity index (χ2v) is 4.27. The number of carbonyl (C=O) groups is 2. The van der Waals surface area contributed by atoms with E-state index in [0.29, 0.717) is 10.9 Å². The molecule has 19 heavy (non-hydrogen) atoms. The molecule has 0 radical (unpaired) electrons. The summed E-state index contributed by atoms with van der Waals surface area (Å²) in [7, 11) is 0. The molecule has 0 bridgehead atoms. The fourth-order valence-electron chi connectivity index (χ4n) is 1.89. The number of fused-ring (bicyclic) bond motifs is 1. The summed E-state index contributed by atoms with van der Waals surface area (Å²) in [5.74, 6) is -1.80. The number of aliphatic carboxylic acids is 1. The second kappa shape index (κ2) is 5.11. The van der Waals surface area contributed by atoms with Gasteiger partial charge in [-0.3, -0.25) is 4.79 Å². The number of hydrogen-bond donors (Lipinski definition) is 4. The average molecular weight is 262 g/mol. The van der Waals surface area contributed by atoms with Gasteiger partial charge in [-0.15, -0.1) is 0 Å². The van der Waals surface area contributed by atoms with Crippen LogP contribution in [0.1, 0.15) is 17.3 Å². The van der Waals surface area contributed by atoms with E-state index in [0.717, 1.165) is 5.52 Å². The first-order valence-corrected chi connectivity index (χ1v) is 5.78. The highest BCUT2D eigenvalue weighted by molar-refractivity contribution is 6.07. The molecule has 0 unspecified atom stereocenters. The van der Waals surface area contributed by atoms with Crippen LogP contribution in [0.4, 0.5) is 0 Å². The maximum absolute atomic E-state index is 12.1. The molecular weight excluding hydrogens is 248 g/mol. The lowest BCUT2D eigenvalue weighted by atomic mass is 10.1. The molecule has 0 fully saturated rings. The van der Waals surface area contributed by atoms with Gasteiger partial charge in [0.1, 0.15) is 0 Å². The molecule has 100 valence electrons. The number of carbonyl (C=O) groups excluding carboxylic acids is 1. The third-order valence-corrected chi connectivity index (χ3v) is 2.87.